The van der Waals surface area contributed by atoms with Crippen LogP contribution in [-0.4, -0.2) is 71.9 Å². The van der Waals surface area contributed by atoms with Gasteiger partial charge in [0.2, 0.25) is 0 Å². The number of methoxy groups -OCH3 is 2. The molecule has 5 aromatic rings. The van der Waals surface area contributed by atoms with Crippen LogP contribution in [0, 0.1) is 0 Å². The van der Waals surface area contributed by atoms with Crippen molar-refractivity contribution in [1.82, 2.24) is 14.2 Å². The number of aromatic nitrogens is 2. The molecule has 1 N–H and O–H groups in total. The summed E-state index contributed by atoms with van der Waals surface area (Å²) in [6, 6.07) is 34.8. The van der Waals surface area contributed by atoms with Gasteiger partial charge in [0.15, 0.2) is 0 Å². The summed E-state index contributed by atoms with van der Waals surface area (Å²) >= 11 is 0. The molecule has 1 saturated heterocycles. The van der Waals surface area contributed by atoms with Crippen molar-refractivity contribution in [2.24, 2.45) is 0 Å². The summed E-state index contributed by atoms with van der Waals surface area (Å²) in [4.78, 5) is 30.7. The molecule has 1 amide bonds. The highest BCUT2D eigenvalue weighted by Crippen LogP contribution is 2.57. The van der Waals surface area contributed by atoms with Crippen LogP contribution >= 0.6 is 7.75 Å². The Morgan fingerprint density at radius 2 is 1.43 bits per heavy atom. The minimum Gasteiger partial charge on any atom is -0.497 e. The molecule has 1 unspecified atom stereocenters. The zero-order valence-electron chi connectivity index (χ0n) is 34.8. The Labute approximate surface area is 351 Å². The van der Waals surface area contributed by atoms with E-state index in [1.807, 2.05) is 107 Å². The van der Waals surface area contributed by atoms with E-state index >= 15 is 4.57 Å². The largest absolute Gasteiger partial charge is 0.497 e. The molecule has 0 saturated carbocycles. The molecule has 60 heavy (non-hydrogen) atoms. The van der Waals surface area contributed by atoms with Gasteiger partial charge in [-0.3, -0.25) is 18.4 Å². The Morgan fingerprint density at radius 3 is 1.95 bits per heavy atom. The van der Waals surface area contributed by atoms with Crippen LogP contribution < -0.4 is 20.5 Å². The van der Waals surface area contributed by atoms with Crippen LogP contribution in [0.4, 0.5) is 5.82 Å². The fourth-order valence-corrected chi connectivity index (χ4v) is 9.82. The van der Waals surface area contributed by atoms with Crippen molar-refractivity contribution in [3.05, 3.63) is 167 Å². The van der Waals surface area contributed by atoms with Gasteiger partial charge in [-0.25, -0.2) is 14.0 Å². The van der Waals surface area contributed by atoms with E-state index in [1.54, 1.807) is 49.2 Å². The maximum Gasteiger partial charge on any atom is 0.409 e. The summed E-state index contributed by atoms with van der Waals surface area (Å²) in [5.41, 5.74) is 0.955. The molecule has 316 valence electrons. The van der Waals surface area contributed by atoms with E-state index in [2.05, 4.69) is 16.9 Å². The number of amides is 1. The molecule has 0 bridgehead atoms. The van der Waals surface area contributed by atoms with E-state index < -0.39 is 43.4 Å². The molecular weight excluding hydrogens is 783 g/mol. The molecule has 4 aromatic carbocycles. The van der Waals surface area contributed by atoms with E-state index in [1.165, 1.54) is 22.9 Å². The number of rotatable bonds is 19. The second-order valence-corrected chi connectivity index (χ2v) is 16.6. The second kappa shape index (κ2) is 19.8. The van der Waals surface area contributed by atoms with Crippen LogP contribution in [-0.2, 0) is 28.7 Å². The minimum atomic E-state index is -4.04. The third-order valence-electron chi connectivity index (χ3n) is 10.2. The van der Waals surface area contributed by atoms with E-state index in [0.717, 1.165) is 16.7 Å². The molecule has 6 rings (SSSR count). The fourth-order valence-electron chi connectivity index (χ4n) is 7.52. The van der Waals surface area contributed by atoms with Crippen LogP contribution in [0.15, 0.2) is 139 Å². The Balaban J connectivity index is 1.41. The fraction of sp³-hybridized carbons (Fsp3) is 0.326. The Hall–Kier alpha value is -5.40. The minimum absolute atomic E-state index is 0.0308. The van der Waals surface area contributed by atoms with E-state index in [0.29, 0.717) is 17.1 Å². The van der Waals surface area contributed by atoms with Crippen LogP contribution in [0.3, 0.4) is 0 Å². The lowest BCUT2D eigenvalue weighted by atomic mass is 9.80. The van der Waals surface area contributed by atoms with Gasteiger partial charge in [0, 0.05) is 30.3 Å². The smallest absolute Gasteiger partial charge is 0.409 e. The molecular formula is C46H53N4O9P. The van der Waals surface area contributed by atoms with Gasteiger partial charge in [-0.05, 0) is 86.8 Å². The lowest BCUT2D eigenvalue weighted by Gasteiger charge is -2.39. The van der Waals surface area contributed by atoms with E-state index in [4.69, 9.17) is 28.0 Å². The van der Waals surface area contributed by atoms with Crippen LogP contribution in [0.25, 0.3) is 0 Å². The summed E-state index contributed by atoms with van der Waals surface area (Å²) < 4.78 is 55.7. The average molecular weight is 837 g/mol. The number of benzene rings is 4. The molecule has 1 aliphatic heterocycles. The highest BCUT2D eigenvalue weighted by atomic mass is 31.2. The number of carbonyl (C=O) groups is 1. The van der Waals surface area contributed by atoms with E-state index in [9.17, 15) is 9.59 Å². The SMILES string of the molecule is C=CCOP(=O)(O[C@H]1C[C@H](n2ccc(NC(=O)c3ccccc3)nc2=O)O[C@@H]1COC(c1ccccc1)(c1ccc(OC)cc1)c1ccc(OC)cc1)N(C(C)C)C(C)C. The number of carbonyl (C=O) groups excluding carboxylic acids is 1. The Morgan fingerprint density at radius 1 is 0.883 bits per heavy atom. The zero-order valence-corrected chi connectivity index (χ0v) is 35.7. The lowest BCUT2D eigenvalue weighted by molar-refractivity contribution is -0.0937. The number of hydrogen-bond acceptors (Lipinski definition) is 10. The van der Waals surface area contributed by atoms with Gasteiger partial charge in [0.1, 0.15) is 41.4 Å². The van der Waals surface area contributed by atoms with Crippen LogP contribution in [0.5, 0.6) is 11.5 Å². The van der Waals surface area contributed by atoms with Crippen molar-refractivity contribution in [3.8, 4) is 11.5 Å². The monoisotopic (exact) mass is 836 g/mol. The molecule has 1 aromatic heterocycles. The number of hydrogen-bond donors (Lipinski definition) is 1. The summed E-state index contributed by atoms with van der Waals surface area (Å²) in [5.74, 6) is 1.01. The maximum absolute atomic E-state index is 15.0. The van der Waals surface area contributed by atoms with Crippen molar-refractivity contribution < 1.29 is 37.4 Å². The summed E-state index contributed by atoms with van der Waals surface area (Å²) in [6.07, 6.45) is 0.392. The molecule has 14 heteroatoms. The first-order chi connectivity index (χ1) is 28.9. The lowest BCUT2D eigenvalue weighted by Crippen LogP contribution is -2.40. The predicted molar refractivity (Wildman–Crippen MR) is 230 cm³/mol. The van der Waals surface area contributed by atoms with Crippen molar-refractivity contribution in [3.63, 3.8) is 0 Å². The number of anilines is 1. The summed E-state index contributed by atoms with van der Waals surface area (Å²) in [5, 5.41) is 2.68. The quantitative estimate of drug-likeness (QED) is 0.0486. The second-order valence-electron chi connectivity index (χ2n) is 14.8. The highest BCUT2D eigenvalue weighted by molar-refractivity contribution is 7.51. The normalized spacial score (nSPS) is 17.7. The van der Waals surface area contributed by atoms with Crippen LogP contribution in [0.2, 0.25) is 0 Å². The topological polar surface area (TPSA) is 140 Å². The molecule has 1 fully saturated rings. The van der Waals surface area contributed by atoms with Crippen molar-refractivity contribution in [1.29, 1.82) is 0 Å². The third kappa shape index (κ3) is 9.79. The Kier molecular flexibility index (Phi) is 14.6. The predicted octanol–water partition coefficient (Wildman–Crippen LogP) is 8.62. The zero-order chi connectivity index (χ0) is 42.9. The van der Waals surface area contributed by atoms with Gasteiger partial charge in [0.25, 0.3) is 5.91 Å². The molecule has 1 aliphatic rings. The number of ether oxygens (including phenoxy) is 4. The maximum atomic E-state index is 15.0. The first-order valence-corrected chi connectivity index (χ1v) is 21.3. The van der Waals surface area contributed by atoms with Gasteiger partial charge in [-0.15, -0.1) is 6.58 Å². The van der Waals surface area contributed by atoms with Crippen molar-refractivity contribution in [2.45, 2.75) is 70.2 Å². The van der Waals surface area contributed by atoms with Gasteiger partial charge in [-0.1, -0.05) is 78.9 Å². The van der Waals surface area contributed by atoms with Gasteiger partial charge in [0.05, 0.1) is 27.4 Å². The van der Waals surface area contributed by atoms with Gasteiger partial charge >= 0.3 is 13.4 Å². The molecule has 2 heterocycles. The third-order valence-corrected chi connectivity index (χ3v) is 12.7. The molecule has 4 atom stereocenters. The first kappa shape index (κ1) is 44.2. The Bertz CT molecular complexity index is 2230. The summed E-state index contributed by atoms with van der Waals surface area (Å²) in [7, 11) is -0.815. The van der Waals surface area contributed by atoms with Gasteiger partial charge in [-0.2, -0.15) is 4.98 Å². The molecule has 0 aliphatic carbocycles. The number of nitrogens with zero attached hydrogens (tertiary/aromatic N) is 3. The number of nitrogens with one attached hydrogen (secondary N) is 1. The van der Waals surface area contributed by atoms with E-state index in [-0.39, 0.29) is 37.5 Å². The molecule has 0 radical (unpaired) electrons. The molecule has 13 nitrogen and oxygen atoms in total. The van der Waals surface area contributed by atoms with Crippen molar-refractivity contribution in [2.75, 3.05) is 32.8 Å². The van der Waals surface area contributed by atoms with Crippen molar-refractivity contribution >= 4 is 19.5 Å². The van der Waals surface area contributed by atoms with Gasteiger partial charge < -0.3 is 24.3 Å². The molecule has 0 spiro atoms. The first-order valence-electron chi connectivity index (χ1n) is 19.8. The highest BCUT2D eigenvalue weighted by Gasteiger charge is 2.48. The van der Waals surface area contributed by atoms with Crippen LogP contribution in [0.1, 0.15) is 67.4 Å². The summed E-state index contributed by atoms with van der Waals surface area (Å²) in [6.45, 7) is 11.3. The standard InChI is InChI=1S/C46H53N4O9P/c1-8-29-57-60(53,50(32(2)3)33(4)5)59-40-30-43(49-28-27-42(48-45(49)52)47-44(51)34-15-11-9-12-16-34)58-41(40)31-56-46(35-17-13-10-14-18-35,36-19-23-38(54-6)24-20-36)37-21-25-39(55-7)26-22-37/h8-28,32-33,40-41,43H,1,29-31H2,2-7H3,(H,47,48,51,52)/t40-,41+,43+,60?/m0/s1. The average Bonchev–Trinajstić information content (AvgIpc) is 3.65.